The van der Waals surface area contributed by atoms with E-state index in [0.29, 0.717) is 19.0 Å². The number of nitrogens with zero attached hydrogens (tertiary/aromatic N) is 1. The molecule has 110 valence electrons. The molecule has 5 nitrogen and oxygen atoms in total. The van der Waals surface area contributed by atoms with Gasteiger partial charge in [0.1, 0.15) is 9.84 Å². The molecular weight excluding hydrogens is 266 g/mol. The number of ether oxygens (including phenoxy) is 1. The van der Waals surface area contributed by atoms with Crippen LogP contribution in [0, 0.1) is 5.92 Å². The summed E-state index contributed by atoms with van der Waals surface area (Å²) < 4.78 is 28.1. The molecule has 19 heavy (non-hydrogen) atoms. The molecule has 0 bridgehead atoms. The number of carbonyl (C=O) groups is 1. The first kappa shape index (κ1) is 14.8. The molecule has 0 radical (unpaired) electrons. The highest BCUT2D eigenvalue weighted by Crippen LogP contribution is 2.30. The van der Waals surface area contributed by atoms with E-state index in [0.717, 1.165) is 32.2 Å². The van der Waals surface area contributed by atoms with Crippen LogP contribution in [-0.2, 0) is 19.4 Å². The van der Waals surface area contributed by atoms with E-state index in [-0.39, 0.29) is 17.1 Å². The second kappa shape index (κ2) is 5.79. The van der Waals surface area contributed by atoms with Gasteiger partial charge in [0.25, 0.3) is 0 Å². The Hall–Kier alpha value is -0.620. The average molecular weight is 289 g/mol. The summed E-state index contributed by atoms with van der Waals surface area (Å²) in [6.07, 6.45) is 5.66. The first-order valence-electron chi connectivity index (χ1n) is 6.92. The van der Waals surface area contributed by atoms with Crippen molar-refractivity contribution in [3.8, 4) is 0 Å². The van der Waals surface area contributed by atoms with Crippen LogP contribution < -0.4 is 0 Å². The maximum Gasteiger partial charge on any atom is 0.310 e. The molecule has 6 heteroatoms. The van der Waals surface area contributed by atoms with E-state index < -0.39 is 9.84 Å². The van der Waals surface area contributed by atoms with E-state index >= 15 is 0 Å². The van der Waals surface area contributed by atoms with Gasteiger partial charge in [-0.25, -0.2) is 8.42 Å². The number of carbonyl (C=O) groups excluding carboxylic acids is 1. The zero-order chi connectivity index (χ0) is 14.0. The topological polar surface area (TPSA) is 63.7 Å². The van der Waals surface area contributed by atoms with Crippen LogP contribution in [-0.4, -0.2) is 57.0 Å². The normalized spacial score (nSPS) is 33.3. The summed E-state index contributed by atoms with van der Waals surface area (Å²) in [4.78, 5) is 13.8. The smallest absolute Gasteiger partial charge is 0.310 e. The predicted octanol–water partition coefficient (Wildman–Crippen LogP) is 0.837. The van der Waals surface area contributed by atoms with Gasteiger partial charge in [0.15, 0.2) is 0 Å². The standard InChI is InChI=1S/C13H23NO4S/c1-18-13(15)10-6-7-14(9-10)11-4-3-5-12(8-11)19(2,16)17/h10-12H,3-9H2,1-2H3. The van der Waals surface area contributed by atoms with Gasteiger partial charge in [0, 0.05) is 18.8 Å². The minimum atomic E-state index is -2.94. The molecule has 0 aromatic carbocycles. The maximum absolute atomic E-state index is 11.7. The molecule has 1 aliphatic carbocycles. The van der Waals surface area contributed by atoms with Gasteiger partial charge in [-0.3, -0.25) is 9.69 Å². The van der Waals surface area contributed by atoms with Crippen molar-refractivity contribution in [2.24, 2.45) is 5.92 Å². The van der Waals surface area contributed by atoms with Gasteiger partial charge in [-0.15, -0.1) is 0 Å². The third-order valence-corrected chi connectivity index (χ3v) is 6.11. The van der Waals surface area contributed by atoms with Gasteiger partial charge in [-0.05, 0) is 32.2 Å². The highest BCUT2D eigenvalue weighted by atomic mass is 32.2. The summed E-state index contributed by atoms with van der Waals surface area (Å²) in [5.74, 6) is -0.179. The fourth-order valence-corrected chi connectivity index (χ4v) is 4.49. The summed E-state index contributed by atoms with van der Waals surface area (Å²) >= 11 is 0. The molecule has 0 amide bonds. The van der Waals surface area contributed by atoms with Crippen LogP contribution in [0.3, 0.4) is 0 Å². The molecular formula is C13H23NO4S. The van der Waals surface area contributed by atoms with E-state index in [4.69, 9.17) is 4.74 Å². The number of hydrogen-bond donors (Lipinski definition) is 0. The van der Waals surface area contributed by atoms with Crippen molar-refractivity contribution in [2.75, 3.05) is 26.5 Å². The quantitative estimate of drug-likeness (QED) is 0.720. The Morgan fingerprint density at radius 3 is 2.63 bits per heavy atom. The van der Waals surface area contributed by atoms with Crippen molar-refractivity contribution >= 4 is 15.8 Å². The van der Waals surface area contributed by atoms with Gasteiger partial charge in [0.05, 0.1) is 18.3 Å². The highest BCUT2D eigenvalue weighted by molar-refractivity contribution is 7.91. The van der Waals surface area contributed by atoms with Gasteiger partial charge in [-0.2, -0.15) is 0 Å². The number of hydrogen-bond acceptors (Lipinski definition) is 5. The zero-order valence-electron chi connectivity index (χ0n) is 11.7. The van der Waals surface area contributed by atoms with Crippen LogP contribution in [0.5, 0.6) is 0 Å². The third kappa shape index (κ3) is 3.48. The lowest BCUT2D eigenvalue weighted by molar-refractivity contribution is -0.145. The van der Waals surface area contributed by atoms with Crippen molar-refractivity contribution in [3.05, 3.63) is 0 Å². The zero-order valence-corrected chi connectivity index (χ0v) is 12.5. The number of likely N-dealkylation sites (tertiary alicyclic amines) is 1. The van der Waals surface area contributed by atoms with Crippen molar-refractivity contribution in [1.29, 1.82) is 0 Å². The molecule has 0 N–H and O–H groups in total. The average Bonchev–Trinajstić information content (AvgIpc) is 2.86. The molecule has 0 aromatic rings. The second-order valence-electron chi connectivity index (χ2n) is 5.78. The Morgan fingerprint density at radius 2 is 2.00 bits per heavy atom. The molecule has 3 atom stereocenters. The minimum Gasteiger partial charge on any atom is -0.469 e. The van der Waals surface area contributed by atoms with E-state index in [2.05, 4.69) is 4.90 Å². The number of sulfone groups is 1. The predicted molar refractivity (Wildman–Crippen MR) is 72.6 cm³/mol. The first-order valence-corrected chi connectivity index (χ1v) is 8.88. The SMILES string of the molecule is COC(=O)C1CCN(C2CCCC(S(C)(=O)=O)C2)C1. The van der Waals surface area contributed by atoms with Crippen LogP contribution in [0.4, 0.5) is 0 Å². The molecule has 2 aliphatic rings. The summed E-state index contributed by atoms with van der Waals surface area (Å²) in [6.45, 7) is 1.59. The maximum atomic E-state index is 11.7. The lowest BCUT2D eigenvalue weighted by Crippen LogP contribution is -2.41. The first-order chi connectivity index (χ1) is 8.91. The van der Waals surface area contributed by atoms with Crippen LogP contribution >= 0.6 is 0 Å². The number of rotatable bonds is 3. The van der Waals surface area contributed by atoms with Crippen LogP contribution in [0.15, 0.2) is 0 Å². The summed E-state index contributed by atoms with van der Waals surface area (Å²) in [7, 11) is -1.52. The number of methoxy groups -OCH3 is 1. The minimum absolute atomic E-state index is 0.0383. The van der Waals surface area contributed by atoms with Crippen LogP contribution in [0.2, 0.25) is 0 Å². The Balaban J connectivity index is 1.94. The van der Waals surface area contributed by atoms with Crippen molar-refractivity contribution in [2.45, 2.75) is 43.4 Å². The van der Waals surface area contributed by atoms with Gasteiger partial charge in [0.2, 0.25) is 0 Å². The van der Waals surface area contributed by atoms with Gasteiger partial charge >= 0.3 is 5.97 Å². The van der Waals surface area contributed by atoms with E-state index in [9.17, 15) is 13.2 Å². The largest absolute Gasteiger partial charge is 0.469 e. The Morgan fingerprint density at radius 1 is 1.26 bits per heavy atom. The van der Waals surface area contributed by atoms with Gasteiger partial charge in [-0.1, -0.05) is 6.42 Å². The van der Waals surface area contributed by atoms with E-state index in [1.54, 1.807) is 0 Å². The second-order valence-corrected chi connectivity index (χ2v) is 8.10. The van der Waals surface area contributed by atoms with E-state index in [1.807, 2.05) is 0 Å². The number of esters is 1. The van der Waals surface area contributed by atoms with Crippen molar-refractivity contribution in [3.63, 3.8) is 0 Å². The fraction of sp³-hybridized carbons (Fsp3) is 0.923. The Labute approximate surface area is 115 Å². The summed E-state index contributed by atoms with van der Waals surface area (Å²) in [5, 5.41) is -0.205. The third-order valence-electron chi connectivity index (χ3n) is 4.47. The fourth-order valence-electron chi connectivity index (χ4n) is 3.32. The molecule has 0 aromatic heterocycles. The van der Waals surface area contributed by atoms with E-state index in [1.165, 1.54) is 13.4 Å². The highest BCUT2D eigenvalue weighted by Gasteiger charge is 2.37. The van der Waals surface area contributed by atoms with Crippen LogP contribution in [0.25, 0.3) is 0 Å². The lowest BCUT2D eigenvalue weighted by Gasteiger charge is -2.34. The molecule has 1 saturated carbocycles. The van der Waals surface area contributed by atoms with Gasteiger partial charge < -0.3 is 4.74 Å². The molecule has 0 spiro atoms. The van der Waals surface area contributed by atoms with Crippen molar-refractivity contribution < 1.29 is 17.9 Å². The molecule has 3 unspecified atom stereocenters. The monoisotopic (exact) mass is 289 g/mol. The molecule has 2 rings (SSSR count). The molecule has 1 aliphatic heterocycles. The summed E-state index contributed by atoms with van der Waals surface area (Å²) in [6, 6.07) is 0.308. The van der Waals surface area contributed by atoms with Crippen LogP contribution in [0.1, 0.15) is 32.1 Å². The summed E-state index contributed by atoms with van der Waals surface area (Å²) in [5.41, 5.74) is 0. The Bertz CT molecular complexity index is 434. The lowest BCUT2D eigenvalue weighted by atomic mass is 9.94. The molecule has 1 heterocycles. The molecule has 2 fully saturated rings. The van der Waals surface area contributed by atoms with Crippen molar-refractivity contribution in [1.82, 2.24) is 4.90 Å². The molecule has 1 saturated heterocycles. The Kier molecular flexibility index (Phi) is 4.50.